The summed E-state index contributed by atoms with van der Waals surface area (Å²) in [5.41, 5.74) is 1.37. The fourth-order valence-electron chi connectivity index (χ4n) is 3.35. The Labute approximate surface area is 115 Å². The average Bonchev–Trinajstić information content (AvgIpc) is 2.77. The summed E-state index contributed by atoms with van der Waals surface area (Å²) in [4.78, 5) is 4.59. The Bertz CT molecular complexity index is 548. The lowest BCUT2D eigenvalue weighted by atomic mass is 9.96. The molecule has 0 spiro atoms. The first-order chi connectivity index (χ1) is 9.05. The fourth-order valence-corrected chi connectivity index (χ4v) is 4.94. The number of nitrogens with zero attached hydrogens (tertiary/aromatic N) is 2. The minimum absolute atomic E-state index is 0.363. The second-order valence-electron chi connectivity index (χ2n) is 6.09. The number of hydrogen-bond donors (Lipinski definition) is 0. The van der Waals surface area contributed by atoms with Crippen molar-refractivity contribution in [3.63, 3.8) is 0 Å². The summed E-state index contributed by atoms with van der Waals surface area (Å²) in [6.45, 7) is 3.35. The van der Waals surface area contributed by atoms with Crippen molar-refractivity contribution in [1.82, 2.24) is 9.55 Å². The van der Waals surface area contributed by atoms with Crippen LogP contribution in [0.3, 0.4) is 0 Å². The highest BCUT2D eigenvalue weighted by molar-refractivity contribution is 7.91. The van der Waals surface area contributed by atoms with E-state index in [4.69, 9.17) is 0 Å². The normalized spacial score (nSPS) is 27.1. The highest BCUT2D eigenvalue weighted by atomic mass is 32.2. The standard InChI is InChI=1S/C14H22N2O2S/c1-11-3-2-6-16-13(11)10-15-14(16)9-12-4-7-19(17,18)8-5-12/h10-12H,2-9H2,1H3. The molecule has 1 aromatic rings. The summed E-state index contributed by atoms with van der Waals surface area (Å²) in [6, 6.07) is 0. The number of sulfone groups is 1. The average molecular weight is 282 g/mol. The molecule has 0 aliphatic carbocycles. The number of hydrogen-bond acceptors (Lipinski definition) is 3. The maximum absolute atomic E-state index is 11.5. The molecule has 3 rings (SSSR count). The second kappa shape index (κ2) is 4.93. The molecule has 0 amide bonds. The molecule has 106 valence electrons. The Morgan fingerprint density at radius 3 is 2.79 bits per heavy atom. The third kappa shape index (κ3) is 2.71. The predicted molar refractivity (Wildman–Crippen MR) is 75.0 cm³/mol. The maximum atomic E-state index is 11.5. The van der Waals surface area contributed by atoms with Gasteiger partial charge in [0, 0.05) is 24.9 Å². The molecule has 1 fully saturated rings. The van der Waals surface area contributed by atoms with E-state index < -0.39 is 9.84 Å². The molecular formula is C14H22N2O2S. The lowest BCUT2D eigenvalue weighted by molar-refractivity contribution is 0.420. The summed E-state index contributed by atoms with van der Waals surface area (Å²) < 4.78 is 25.3. The van der Waals surface area contributed by atoms with Crippen LogP contribution in [-0.2, 0) is 22.8 Å². The molecule has 4 nitrogen and oxygen atoms in total. The molecule has 2 aliphatic heterocycles. The van der Waals surface area contributed by atoms with Crippen molar-refractivity contribution >= 4 is 9.84 Å². The van der Waals surface area contributed by atoms with Crippen molar-refractivity contribution in [2.24, 2.45) is 5.92 Å². The third-order valence-electron chi connectivity index (χ3n) is 4.64. The Balaban J connectivity index is 1.71. The molecule has 19 heavy (non-hydrogen) atoms. The van der Waals surface area contributed by atoms with Crippen molar-refractivity contribution in [1.29, 1.82) is 0 Å². The number of aromatic nitrogens is 2. The molecular weight excluding hydrogens is 260 g/mol. The lowest BCUT2D eigenvalue weighted by Crippen LogP contribution is -2.26. The number of fused-ring (bicyclic) bond motifs is 1. The van der Waals surface area contributed by atoms with Crippen molar-refractivity contribution < 1.29 is 8.42 Å². The van der Waals surface area contributed by atoms with Crippen molar-refractivity contribution in [3.8, 4) is 0 Å². The van der Waals surface area contributed by atoms with Gasteiger partial charge in [-0.25, -0.2) is 13.4 Å². The molecule has 1 atom stereocenters. The molecule has 0 saturated carbocycles. The van der Waals surface area contributed by atoms with Crippen LogP contribution in [-0.4, -0.2) is 29.5 Å². The van der Waals surface area contributed by atoms with Gasteiger partial charge in [0.1, 0.15) is 15.7 Å². The zero-order valence-corrected chi connectivity index (χ0v) is 12.3. The highest BCUT2D eigenvalue weighted by Gasteiger charge is 2.26. The van der Waals surface area contributed by atoms with Gasteiger partial charge in [-0.15, -0.1) is 0 Å². The number of imidazole rings is 1. The molecule has 5 heteroatoms. The Morgan fingerprint density at radius 2 is 2.05 bits per heavy atom. The molecule has 3 heterocycles. The Morgan fingerprint density at radius 1 is 1.32 bits per heavy atom. The zero-order valence-electron chi connectivity index (χ0n) is 11.5. The molecule has 0 radical (unpaired) electrons. The first-order valence-electron chi connectivity index (χ1n) is 7.30. The smallest absolute Gasteiger partial charge is 0.150 e. The zero-order chi connectivity index (χ0) is 13.5. The van der Waals surface area contributed by atoms with E-state index in [1.54, 1.807) is 0 Å². The van der Waals surface area contributed by atoms with Gasteiger partial charge in [-0.2, -0.15) is 0 Å². The van der Waals surface area contributed by atoms with Gasteiger partial charge < -0.3 is 4.57 Å². The van der Waals surface area contributed by atoms with Gasteiger partial charge in [-0.1, -0.05) is 6.92 Å². The van der Waals surface area contributed by atoms with E-state index in [0.717, 1.165) is 25.8 Å². The first kappa shape index (κ1) is 13.2. The van der Waals surface area contributed by atoms with E-state index in [0.29, 0.717) is 23.3 Å². The van der Waals surface area contributed by atoms with E-state index in [9.17, 15) is 8.42 Å². The lowest BCUT2D eigenvalue weighted by Gasteiger charge is -2.25. The monoisotopic (exact) mass is 282 g/mol. The Kier molecular flexibility index (Phi) is 3.41. The third-order valence-corrected chi connectivity index (χ3v) is 6.35. The summed E-state index contributed by atoms with van der Waals surface area (Å²) in [7, 11) is -2.75. The van der Waals surface area contributed by atoms with E-state index in [2.05, 4.69) is 16.5 Å². The molecule has 0 aromatic carbocycles. The van der Waals surface area contributed by atoms with E-state index in [1.165, 1.54) is 24.4 Å². The van der Waals surface area contributed by atoms with Crippen molar-refractivity contribution in [3.05, 3.63) is 17.7 Å². The van der Waals surface area contributed by atoms with Crippen LogP contribution in [0.2, 0.25) is 0 Å². The summed E-state index contributed by atoms with van der Waals surface area (Å²) in [5, 5.41) is 0. The van der Waals surface area contributed by atoms with Crippen LogP contribution in [0.4, 0.5) is 0 Å². The van der Waals surface area contributed by atoms with Crippen LogP contribution < -0.4 is 0 Å². The molecule has 1 unspecified atom stereocenters. The van der Waals surface area contributed by atoms with Crippen LogP contribution in [0.5, 0.6) is 0 Å². The van der Waals surface area contributed by atoms with Gasteiger partial charge in [0.05, 0.1) is 11.5 Å². The summed E-state index contributed by atoms with van der Waals surface area (Å²) in [6.07, 6.45) is 7.07. The topological polar surface area (TPSA) is 52.0 Å². The Hall–Kier alpha value is -0.840. The van der Waals surface area contributed by atoms with E-state index in [1.807, 2.05) is 6.20 Å². The van der Waals surface area contributed by atoms with Crippen LogP contribution >= 0.6 is 0 Å². The molecule has 1 saturated heterocycles. The maximum Gasteiger partial charge on any atom is 0.150 e. The number of rotatable bonds is 2. The van der Waals surface area contributed by atoms with Gasteiger partial charge in [0.25, 0.3) is 0 Å². The summed E-state index contributed by atoms with van der Waals surface area (Å²) in [5.74, 6) is 3.00. The van der Waals surface area contributed by atoms with Crippen molar-refractivity contribution in [2.45, 2.75) is 51.5 Å². The summed E-state index contributed by atoms with van der Waals surface area (Å²) >= 11 is 0. The van der Waals surface area contributed by atoms with Gasteiger partial charge in [-0.3, -0.25) is 0 Å². The quantitative estimate of drug-likeness (QED) is 0.835. The van der Waals surface area contributed by atoms with E-state index in [-0.39, 0.29) is 0 Å². The SMILES string of the molecule is CC1CCCn2c1cnc2CC1CCS(=O)(=O)CC1. The van der Waals surface area contributed by atoms with Gasteiger partial charge in [-0.05, 0) is 37.5 Å². The van der Waals surface area contributed by atoms with Gasteiger partial charge in [0.15, 0.2) is 0 Å². The minimum atomic E-state index is -2.75. The van der Waals surface area contributed by atoms with Gasteiger partial charge >= 0.3 is 0 Å². The molecule has 0 bridgehead atoms. The largest absolute Gasteiger partial charge is 0.332 e. The van der Waals surface area contributed by atoms with Crippen LogP contribution in [0, 0.1) is 5.92 Å². The molecule has 0 N–H and O–H groups in total. The van der Waals surface area contributed by atoms with Crippen LogP contribution in [0.15, 0.2) is 6.20 Å². The van der Waals surface area contributed by atoms with Crippen LogP contribution in [0.1, 0.15) is 50.0 Å². The fraction of sp³-hybridized carbons (Fsp3) is 0.786. The molecule has 2 aliphatic rings. The van der Waals surface area contributed by atoms with Gasteiger partial charge in [0.2, 0.25) is 0 Å². The molecule has 1 aromatic heterocycles. The van der Waals surface area contributed by atoms with Crippen LogP contribution in [0.25, 0.3) is 0 Å². The van der Waals surface area contributed by atoms with Crippen molar-refractivity contribution in [2.75, 3.05) is 11.5 Å². The first-order valence-corrected chi connectivity index (χ1v) is 9.12. The second-order valence-corrected chi connectivity index (χ2v) is 8.40. The predicted octanol–water partition coefficient (Wildman–Crippen LogP) is 2.15. The minimum Gasteiger partial charge on any atom is -0.332 e. The highest BCUT2D eigenvalue weighted by Crippen LogP contribution is 2.29. The van der Waals surface area contributed by atoms with E-state index >= 15 is 0 Å².